The van der Waals surface area contributed by atoms with Crippen LogP contribution in [0.5, 0.6) is 0 Å². The average Bonchev–Trinajstić information content (AvgIpc) is 2.93. The van der Waals surface area contributed by atoms with Gasteiger partial charge in [0.1, 0.15) is 0 Å². The quantitative estimate of drug-likeness (QED) is 0.182. The molecule has 0 aliphatic heterocycles. The summed E-state index contributed by atoms with van der Waals surface area (Å²) in [5.41, 5.74) is -6.62. The minimum Gasteiger partial charge on any atom is -0.481 e. The normalized spacial score (nSPS) is 12.8. The maximum atomic E-state index is 13.5. The molecule has 3 rings (SSSR count). The lowest BCUT2D eigenvalue weighted by molar-refractivity contribution is -0.143. The lowest BCUT2D eigenvalue weighted by Gasteiger charge is -2.19. The molecule has 3 aromatic rings. The van der Waals surface area contributed by atoms with E-state index >= 15 is 0 Å². The first-order valence-corrected chi connectivity index (χ1v) is 12.4. The third-order valence-corrected chi connectivity index (χ3v) is 6.29. The van der Waals surface area contributed by atoms with Gasteiger partial charge in [-0.25, -0.2) is 0 Å². The van der Waals surface area contributed by atoms with Gasteiger partial charge in [-0.15, -0.1) is 0 Å². The van der Waals surface area contributed by atoms with Crippen LogP contribution in [0.15, 0.2) is 66.7 Å². The molecule has 0 aliphatic carbocycles. The highest BCUT2D eigenvalue weighted by atomic mass is 19.4. The van der Waals surface area contributed by atoms with Crippen molar-refractivity contribution in [2.24, 2.45) is 0 Å². The molecule has 234 valence electrons. The molecular formula is C29H20F9NO5. The van der Waals surface area contributed by atoms with Crippen molar-refractivity contribution in [3.63, 3.8) is 0 Å². The summed E-state index contributed by atoms with van der Waals surface area (Å²) in [5.74, 6) is -6.19. The number of carboxylic acid groups (broad SMARTS) is 1. The number of amides is 1. The van der Waals surface area contributed by atoms with Crippen LogP contribution in [0.1, 0.15) is 72.1 Å². The zero-order valence-electron chi connectivity index (χ0n) is 22.0. The molecule has 0 saturated carbocycles. The molecule has 2 N–H and O–H groups in total. The van der Waals surface area contributed by atoms with Gasteiger partial charge >= 0.3 is 24.5 Å². The summed E-state index contributed by atoms with van der Waals surface area (Å²) in [6, 6.07) is 7.59. The van der Waals surface area contributed by atoms with Gasteiger partial charge in [0.25, 0.3) is 5.91 Å². The molecule has 0 bridgehead atoms. The first-order valence-electron chi connectivity index (χ1n) is 12.4. The van der Waals surface area contributed by atoms with Gasteiger partial charge in [-0.1, -0.05) is 24.3 Å². The largest absolute Gasteiger partial charge is 0.481 e. The van der Waals surface area contributed by atoms with Crippen LogP contribution >= 0.6 is 0 Å². The number of ketones is 2. The van der Waals surface area contributed by atoms with E-state index in [1.807, 2.05) is 0 Å². The van der Waals surface area contributed by atoms with Crippen LogP contribution in [-0.4, -0.2) is 35.1 Å². The van der Waals surface area contributed by atoms with E-state index in [2.05, 4.69) is 5.32 Å². The van der Waals surface area contributed by atoms with Gasteiger partial charge in [0.15, 0.2) is 11.6 Å². The fourth-order valence-electron chi connectivity index (χ4n) is 4.08. The number of hydrogen-bond donors (Lipinski definition) is 2. The zero-order valence-corrected chi connectivity index (χ0v) is 22.0. The number of nitrogens with one attached hydrogen (secondary N) is 1. The maximum absolute atomic E-state index is 13.5. The monoisotopic (exact) mass is 633 g/mol. The van der Waals surface area contributed by atoms with Gasteiger partial charge in [-0.3, -0.25) is 19.2 Å². The maximum Gasteiger partial charge on any atom is 0.416 e. The van der Waals surface area contributed by atoms with Crippen molar-refractivity contribution in [2.45, 2.75) is 37.3 Å². The summed E-state index contributed by atoms with van der Waals surface area (Å²) < 4.78 is 120. The minimum absolute atomic E-state index is 0.0760. The van der Waals surface area contributed by atoms with Crippen molar-refractivity contribution < 1.29 is 63.8 Å². The molecule has 1 atom stereocenters. The lowest BCUT2D eigenvalue weighted by Crippen LogP contribution is -2.26. The second-order valence-electron chi connectivity index (χ2n) is 9.44. The van der Waals surface area contributed by atoms with Crippen LogP contribution in [0, 0.1) is 0 Å². The molecule has 0 saturated heterocycles. The van der Waals surface area contributed by atoms with Gasteiger partial charge < -0.3 is 10.4 Å². The van der Waals surface area contributed by atoms with E-state index in [1.165, 1.54) is 0 Å². The second kappa shape index (κ2) is 12.9. The van der Waals surface area contributed by atoms with Crippen LogP contribution in [0.3, 0.4) is 0 Å². The number of carbonyl (C=O) groups is 4. The highest BCUT2D eigenvalue weighted by Crippen LogP contribution is 2.38. The first kappa shape index (κ1) is 33.8. The van der Waals surface area contributed by atoms with Gasteiger partial charge in [-0.05, 0) is 48.0 Å². The summed E-state index contributed by atoms with van der Waals surface area (Å²) >= 11 is 0. The van der Waals surface area contributed by atoms with E-state index in [0.717, 1.165) is 36.4 Å². The summed E-state index contributed by atoms with van der Waals surface area (Å²) in [6.45, 7) is -0.250. The third-order valence-electron chi connectivity index (χ3n) is 6.29. The molecule has 6 nitrogen and oxygen atoms in total. The molecule has 0 radical (unpaired) electrons. The molecule has 0 fully saturated rings. The molecule has 0 aromatic heterocycles. The van der Waals surface area contributed by atoms with Crippen molar-refractivity contribution in [1.29, 1.82) is 0 Å². The van der Waals surface area contributed by atoms with Crippen LogP contribution in [0.25, 0.3) is 0 Å². The molecule has 0 spiro atoms. The van der Waals surface area contributed by atoms with Crippen LogP contribution < -0.4 is 5.32 Å². The number of aliphatic carboxylic acids is 1. The summed E-state index contributed by atoms with van der Waals surface area (Å²) in [7, 11) is 0. The number of carboxylic acids is 1. The van der Waals surface area contributed by atoms with Crippen molar-refractivity contribution in [3.8, 4) is 0 Å². The summed E-state index contributed by atoms with van der Waals surface area (Å²) in [4.78, 5) is 49.5. The Bertz CT molecular complexity index is 1530. The van der Waals surface area contributed by atoms with E-state index in [4.69, 9.17) is 5.11 Å². The highest BCUT2D eigenvalue weighted by Gasteiger charge is 2.39. The van der Waals surface area contributed by atoms with E-state index < -0.39 is 88.5 Å². The number of Topliss-reactive ketones (excluding diaryl/α,β-unsaturated/α-hetero) is 2. The molecular weight excluding hydrogens is 613 g/mol. The fraction of sp³-hybridized carbons (Fsp3) is 0.241. The number of hydrogen-bond acceptors (Lipinski definition) is 4. The number of carbonyl (C=O) groups excluding carboxylic acids is 3. The summed E-state index contributed by atoms with van der Waals surface area (Å²) in [6.07, 6.45) is -16.8. The van der Waals surface area contributed by atoms with E-state index in [0.29, 0.717) is 12.1 Å². The SMILES string of the molecule is O=C(O)CCNC(=O)c1ccc(C(CC(=O)c2cccc(C(F)(F)F)c2)C(=O)c2cc(C(F)(F)F)cc(C(F)(F)F)c2)cc1. The number of rotatable bonds is 10. The Morgan fingerprint density at radius 2 is 1.18 bits per heavy atom. The highest BCUT2D eigenvalue weighted by molar-refractivity contribution is 6.06. The second-order valence-corrected chi connectivity index (χ2v) is 9.44. The van der Waals surface area contributed by atoms with Crippen molar-refractivity contribution in [1.82, 2.24) is 5.32 Å². The molecule has 15 heteroatoms. The lowest BCUT2D eigenvalue weighted by atomic mass is 9.84. The standard InChI is InChI=1S/C29H20F9NO5/c30-27(31,32)19-3-1-2-17(10-19)23(40)14-22(15-4-6-16(7-5-15)26(44)39-9-8-24(41)42)25(43)18-11-20(28(33,34)35)13-21(12-18)29(36,37)38/h1-7,10-13,22H,8-9,14H2,(H,39,44)(H,41,42). The van der Waals surface area contributed by atoms with Crippen molar-refractivity contribution >= 4 is 23.4 Å². The Kier molecular flexibility index (Phi) is 9.91. The molecule has 44 heavy (non-hydrogen) atoms. The smallest absolute Gasteiger partial charge is 0.416 e. The Hall–Kier alpha value is -4.69. The van der Waals surface area contributed by atoms with Crippen LogP contribution in [0.2, 0.25) is 0 Å². The Labute approximate surface area is 242 Å². The molecule has 0 heterocycles. The first-order chi connectivity index (χ1) is 20.3. The molecule has 3 aromatic carbocycles. The predicted molar refractivity (Wildman–Crippen MR) is 135 cm³/mol. The average molecular weight is 633 g/mol. The molecule has 0 aliphatic rings. The van der Waals surface area contributed by atoms with Gasteiger partial charge in [0, 0.05) is 29.7 Å². The Morgan fingerprint density at radius 3 is 1.68 bits per heavy atom. The van der Waals surface area contributed by atoms with Crippen LogP contribution in [-0.2, 0) is 23.3 Å². The summed E-state index contributed by atoms with van der Waals surface area (Å²) in [5, 5.41) is 11.0. The Balaban J connectivity index is 2.07. The predicted octanol–water partition coefficient (Wildman–Crippen LogP) is 7.19. The van der Waals surface area contributed by atoms with Gasteiger partial charge in [0.05, 0.1) is 29.0 Å². The molecule has 1 amide bonds. The number of benzene rings is 3. The molecule has 1 unspecified atom stereocenters. The zero-order chi connectivity index (χ0) is 33.0. The number of halogens is 9. The van der Waals surface area contributed by atoms with Crippen molar-refractivity contribution in [2.75, 3.05) is 6.54 Å². The minimum atomic E-state index is -5.30. The van der Waals surface area contributed by atoms with E-state index in [-0.39, 0.29) is 35.9 Å². The number of alkyl halides is 9. The van der Waals surface area contributed by atoms with E-state index in [9.17, 15) is 58.7 Å². The van der Waals surface area contributed by atoms with Gasteiger partial charge in [-0.2, -0.15) is 39.5 Å². The van der Waals surface area contributed by atoms with Crippen LogP contribution in [0.4, 0.5) is 39.5 Å². The van der Waals surface area contributed by atoms with Gasteiger partial charge in [0.2, 0.25) is 0 Å². The third kappa shape index (κ3) is 8.67. The van der Waals surface area contributed by atoms with E-state index in [1.54, 1.807) is 0 Å². The van der Waals surface area contributed by atoms with Crippen molar-refractivity contribution in [3.05, 3.63) is 106 Å². The fourth-order valence-corrected chi connectivity index (χ4v) is 4.08. The topological polar surface area (TPSA) is 101 Å². The Morgan fingerprint density at radius 1 is 0.659 bits per heavy atom.